The molecule has 0 spiro atoms. The number of rotatable bonds is 8. The number of nitrogens with two attached hydrogens (primary N) is 1. The molecule has 5 aromatic rings. The molecule has 10 nitrogen and oxygen atoms in total. The molecular weight excluding hydrogens is 569 g/mol. The van der Waals surface area contributed by atoms with Gasteiger partial charge in [-0.05, 0) is 39.3 Å². The van der Waals surface area contributed by atoms with E-state index < -0.39 is 16.8 Å². The van der Waals surface area contributed by atoms with Crippen molar-refractivity contribution in [3.8, 4) is 11.5 Å². The average Bonchev–Trinajstić information content (AvgIpc) is 3.66. The molecule has 4 heterocycles. The van der Waals surface area contributed by atoms with Crippen molar-refractivity contribution in [3.63, 3.8) is 0 Å². The maximum Gasteiger partial charge on any atom is 0.309 e. The van der Waals surface area contributed by atoms with Crippen LogP contribution in [0.4, 0.5) is 16.0 Å². The molecule has 12 heteroatoms. The van der Waals surface area contributed by atoms with Crippen molar-refractivity contribution in [2.45, 2.75) is 52.0 Å². The molecule has 0 aliphatic carbocycles. The highest BCUT2D eigenvalue weighted by molar-refractivity contribution is 7.10. The summed E-state index contributed by atoms with van der Waals surface area (Å²) in [4.78, 5) is 39.6. The summed E-state index contributed by atoms with van der Waals surface area (Å²) in [6.45, 7) is 7.19. The Morgan fingerprint density at radius 2 is 1.88 bits per heavy atom. The molecule has 1 aliphatic rings. The topological polar surface area (TPSA) is 149 Å². The van der Waals surface area contributed by atoms with Gasteiger partial charge in [0.05, 0.1) is 28.7 Å². The monoisotopic (exact) mass is 599 g/mol. The van der Waals surface area contributed by atoms with E-state index in [4.69, 9.17) is 20.8 Å². The van der Waals surface area contributed by atoms with Crippen LogP contribution < -0.4 is 11.1 Å². The highest BCUT2D eigenvalue weighted by atomic mass is 32.1. The van der Waals surface area contributed by atoms with Gasteiger partial charge in [0.1, 0.15) is 33.6 Å². The Labute approximate surface area is 250 Å². The van der Waals surface area contributed by atoms with Crippen LogP contribution in [0.2, 0.25) is 0 Å². The van der Waals surface area contributed by atoms with E-state index in [0.717, 1.165) is 10.9 Å². The van der Waals surface area contributed by atoms with E-state index in [9.17, 15) is 19.1 Å². The fourth-order valence-corrected chi connectivity index (χ4v) is 6.87. The molecule has 43 heavy (non-hydrogen) atoms. The van der Waals surface area contributed by atoms with Crippen LogP contribution in [0.1, 0.15) is 61.9 Å². The van der Waals surface area contributed by atoms with E-state index in [2.05, 4.69) is 10.3 Å². The molecule has 0 fully saturated rings. The van der Waals surface area contributed by atoms with Crippen molar-refractivity contribution in [3.05, 3.63) is 81.6 Å². The second-order valence-electron chi connectivity index (χ2n) is 11.4. The van der Waals surface area contributed by atoms with Gasteiger partial charge in [0.2, 0.25) is 5.91 Å². The Hall–Kier alpha value is -4.71. The second-order valence-corrected chi connectivity index (χ2v) is 12.3. The molecule has 0 saturated heterocycles. The van der Waals surface area contributed by atoms with E-state index in [-0.39, 0.29) is 41.6 Å². The summed E-state index contributed by atoms with van der Waals surface area (Å²) in [7, 11) is 0. The van der Waals surface area contributed by atoms with E-state index in [1.54, 1.807) is 43.7 Å². The van der Waals surface area contributed by atoms with Gasteiger partial charge >= 0.3 is 5.97 Å². The zero-order chi connectivity index (χ0) is 30.7. The van der Waals surface area contributed by atoms with Gasteiger partial charge in [0, 0.05) is 22.2 Å². The van der Waals surface area contributed by atoms with Crippen LogP contribution in [0.25, 0.3) is 22.4 Å². The maximum absolute atomic E-state index is 14.5. The number of nitrogens with zero attached hydrogens (tertiary/aromatic N) is 5. The van der Waals surface area contributed by atoms with Crippen LogP contribution in [-0.4, -0.2) is 41.7 Å². The fraction of sp³-hybridized carbons (Fsp3) is 0.290. The number of fused-ring (bicyclic) bond motifs is 2. The van der Waals surface area contributed by atoms with Crippen molar-refractivity contribution < 1.29 is 19.1 Å². The molecule has 2 atom stereocenters. The Kier molecular flexibility index (Phi) is 6.76. The minimum absolute atomic E-state index is 0.100. The van der Waals surface area contributed by atoms with Crippen LogP contribution >= 0.6 is 11.3 Å². The van der Waals surface area contributed by atoms with Crippen LogP contribution in [0.3, 0.4) is 0 Å². The van der Waals surface area contributed by atoms with E-state index >= 15 is 0 Å². The van der Waals surface area contributed by atoms with Gasteiger partial charge in [-0.2, -0.15) is 5.10 Å². The number of benzene rings is 2. The molecule has 220 valence electrons. The van der Waals surface area contributed by atoms with E-state index in [1.807, 2.05) is 36.6 Å². The van der Waals surface area contributed by atoms with Gasteiger partial charge in [-0.25, -0.2) is 19.3 Å². The number of carboxylic acid groups (broad SMARTS) is 1. The summed E-state index contributed by atoms with van der Waals surface area (Å²) < 4.78 is 16.2. The molecule has 0 saturated carbocycles. The van der Waals surface area contributed by atoms with E-state index in [0.29, 0.717) is 33.9 Å². The molecule has 2 aromatic carbocycles. The quantitative estimate of drug-likeness (QED) is 0.209. The Morgan fingerprint density at radius 1 is 1.16 bits per heavy atom. The summed E-state index contributed by atoms with van der Waals surface area (Å²) in [5, 5.41) is 20.4. The average molecular weight is 600 g/mol. The maximum atomic E-state index is 14.5. The lowest BCUT2D eigenvalue weighted by Crippen LogP contribution is -2.34. The SMILES string of the molecule is CCC(c1csc(C2(C)C(=O)Nc3nc(-c4nn(Cc5ccccc5F)c5ccccc45)nc(N)c32)n1)C(C)(C)C(=O)O. The number of amides is 1. The van der Waals surface area contributed by atoms with Crippen LogP contribution in [-0.2, 0) is 21.5 Å². The van der Waals surface area contributed by atoms with Gasteiger partial charge < -0.3 is 16.2 Å². The lowest BCUT2D eigenvalue weighted by atomic mass is 9.75. The number of nitrogen functional groups attached to an aromatic ring is 1. The number of anilines is 2. The molecule has 0 bridgehead atoms. The fourth-order valence-electron chi connectivity index (χ4n) is 5.83. The smallest absolute Gasteiger partial charge is 0.309 e. The molecule has 6 rings (SSSR count). The minimum atomic E-state index is -1.28. The lowest BCUT2D eigenvalue weighted by molar-refractivity contribution is -0.148. The number of nitrogens with one attached hydrogen (secondary N) is 1. The van der Waals surface area contributed by atoms with E-state index in [1.165, 1.54) is 17.4 Å². The van der Waals surface area contributed by atoms with Crippen LogP contribution in [0, 0.1) is 11.2 Å². The first kappa shape index (κ1) is 28.4. The number of para-hydroxylation sites is 1. The third-order valence-electron chi connectivity index (χ3n) is 8.41. The zero-order valence-electron chi connectivity index (χ0n) is 24.1. The summed E-state index contributed by atoms with van der Waals surface area (Å²) in [5.41, 5.74) is 6.94. The predicted molar refractivity (Wildman–Crippen MR) is 162 cm³/mol. The molecular formula is C31H30FN7O3S. The second kappa shape index (κ2) is 10.2. The Morgan fingerprint density at radius 3 is 2.60 bits per heavy atom. The first-order valence-corrected chi connectivity index (χ1v) is 14.7. The van der Waals surface area contributed by atoms with Crippen molar-refractivity contribution >= 4 is 45.8 Å². The first-order valence-electron chi connectivity index (χ1n) is 13.8. The van der Waals surface area contributed by atoms with Gasteiger partial charge in [0.15, 0.2) is 5.82 Å². The molecule has 1 amide bonds. The van der Waals surface area contributed by atoms with Gasteiger partial charge in [-0.3, -0.25) is 14.3 Å². The molecule has 1 aliphatic heterocycles. The van der Waals surface area contributed by atoms with Crippen molar-refractivity contribution in [2.75, 3.05) is 11.1 Å². The highest BCUT2D eigenvalue weighted by Gasteiger charge is 2.50. The molecule has 4 N–H and O–H groups in total. The van der Waals surface area contributed by atoms with Crippen LogP contribution in [0.15, 0.2) is 53.9 Å². The number of carboxylic acids is 1. The van der Waals surface area contributed by atoms with Crippen molar-refractivity contribution in [2.24, 2.45) is 5.41 Å². The zero-order valence-corrected chi connectivity index (χ0v) is 24.9. The number of hydrogen-bond donors (Lipinski definition) is 3. The van der Waals surface area contributed by atoms with Gasteiger partial charge in [0.25, 0.3) is 0 Å². The standard InChI is InChI=1S/C31H30FN7O3S/c1-5-18(30(2,3)29(41)42)20-15-43-28(34-20)31(4)22-24(33)35-26(36-25(22)37-27(31)40)23-17-11-7-9-13-21(17)39(38-23)14-16-10-6-8-12-19(16)32/h6-13,15,18H,5,14H2,1-4H3,(H,41,42)(H3,33,35,36,37,40). The number of halogens is 1. The number of carbonyl (C=O) groups is 2. The number of aliphatic carboxylic acids is 1. The van der Waals surface area contributed by atoms with Gasteiger partial charge in [-0.1, -0.05) is 43.3 Å². The summed E-state index contributed by atoms with van der Waals surface area (Å²) in [5.74, 6) is -1.38. The lowest BCUT2D eigenvalue weighted by Gasteiger charge is -2.28. The summed E-state index contributed by atoms with van der Waals surface area (Å²) in [6, 6.07) is 14.0. The number of thiazole rings is 1. The van der Waals surface area contributed by atoms with Crippen LogP contribution in [0.5, 0.6) is 0 Å². The largest absolute Gasteiger partial charge is 0.481 e. The Balaban J connectivity index is 1.42. The minimum Gasteiger partial charge on any atom is -0.481 e. The molecule has 0 radical (unpaired) electrons. The van der Waals surface area contributed by atoms with Crippen molar-refractivity contribution in [1.82, 2.24) is 24.7 Å². The summed E-state index contributed by atoms with van der Waals surface area (Å²) >= 11 is 1.28. The predicted octanol–water partition coefficient (Wildman–Crippen LogP) is 5.58. The number of aromatic nitrogens is 5. The third-order valence-corrected chi connectivity index (χ3v) is 9.49. The summed E-state index contributed by atoms with van der Waals surface area (Å²) in [6.07, 6.45) is 0.564. The normalized spacial score (nSPS) is 17.2. The Bertz CT molecular complexity index is 1920. The highest BCUT2D eigenvalue weighted by Crippen LogP contribution is 2.47. The third kappa shape index (κ3) is 4.44. The molecule has 2 unspecified atom stereocenters. The number of carbonyl (C=O) groups excluding carboxylic acids is 1. The van der Waals surface area contributed by atoms with Gasteiger partial charge in [-0.15, -0.1) is 11.3 Å². The van der Waals surface area contributed by atoms with Crippen molar-refractivity contribution in [1.29, 1.82) is 0 Å². The number of hydrogen-bond acceptors (Lipinski definition) is 8. The molecule has 3 aromatic heterocycles. The first-order chi connectivity index (χ1) is 20.5.